The SMILES string of the molecule is C.Nc1cccc([N+](=O)[O-])c1N.O=C(C(=O)c1cccs1)c1cccs1.O=[N+]([O-])c1cccc2nc(-c3cccs3)c(-c3cccs3)nc12. The van der Waals surface area contributed by atoms with Gasteiger partial charge in [0, 0.05) is 12.1 Å². The van der Waals surface area contributed by atoms with Crippen molar-refractivity contribution in [2.24, 2.45) is 0 Å². The second-order valence-corrected chi connectivity index (χ2v) is 13.2. The van der Waals surface area contributed by atoms with Crippen LogP contribution in [0, 0.1) is 20.2 Å². The number of thiophene rings is 4. The second kappa shape index (κ2) is 16.4. The number of hydrogen-bond acceptors (Lipinski definition) is 14. The van der Waals surface area contributed by atoms with Crippen molar-refractivity contribution in [1.82, 2.24) is 9.97 Å². The molecule has 0 atom stereocenters. The molecule has 0 spiro atoms. The predicted octanol–water partition coefficient (Wildman–Crippen LogP) is 9.27. The molecule has 0 amide bonds. The Morgan fingerprint density at radius 1 is 0.592 bits per heavy atom. The van der Waals surface area contributed by atoms with E-state index in [0.717, 1.165) is 15.4 Å². The molecule has 0 aliphatic rings. The third-order valence-electron chi connectivity index (χ3n) is 6.39. The fourth-order valence-electron chi connectivity index (χ4n) is 4.15. The topological polar surface area (TPSA) is 198 Å². The molecule has 0 saturated heterocycles. The van der Waals surface area contributed by atoms with E-state index in [2.05, 4.69) is 9.97 Å². The molecule has 5 aromatic heterocycles. The Morgan fingerprint density at radius 3 is 1.51 bits per heavy atom. The van der Waals surface area contributed by atoms with E-state index in [4.69, 9.17) is 11.5 Å². The number of rotatable bonds is 7. The van der Waals surface area contributed by atoms with Crippen LogP contribution < -0.4 is 11.5 Å². The molecule has 2 aromatic carbocycles. The number of ketones is 2. The number of fused-ring (bicyclic) bond motifs is 1. The Kier molecular flexibility index (Phi) is 12.1. The average molecular weight is 731 g/mol. The van der Waals surface area contributed by atoms with Crippen LogP contribution in [0.15, 0.2) is 106 Å². The van der Waals surface area contributed by atoms with Gasteiger partial charge in [-0.1, -0.05) is 43.8 Å². The van der Waals surface area contributed by atoms with E-state index in [1.165, 1.54) is 46.9 Å². The van der Waals surface area contributed by atoms with Crippen molar-refractivity contribution in [3.63, 3.8) is 0 Å². The molecular weight excluding hydrogens is 705 g/mol. The minimum atomic E-state index is -0.564. The second-order valence-electron chi connectivity index (χ2n) is 9.43. The van der Waals surface area contributed by atoms with Crippen molar-refractivity contribution in [1.29, 1.82) is 0 Å². The molecule has 49 heavy (non-hydrogen) atoms. The van der Waals surface area contributed by atoms with Crippen LogP contribution in [-0.2, 0) is 0 Å². The van der Waals surface area contributed by atoms with Crippen molar-refractivity contribution >= 4 is 90.7 Å². The predicted molar refractivity (Wildman–Crippen MR) is 199 cm³/mol. The Bertz CT molecular complexity index is 2160. The summed E-state index contributed by atoms with van der Waals surface area (Å²) >= 11 is 5.70. The number of Topliss-reactive ketones (excluding diaryl/α,β-unsaturated/α-hetero) is 2. The minimum absolute atomic E-state index is 0. The van der Waals surface area contributed by atoms with Gasteiger partial charge in [-0.15, -0.1) is 45.3 Å². The van der Waals surface area contributed by atoms with E-state index in [0.29, 0.717) is 26.5 Å². The number of aromatic nitrogens is 2. The van der Waals surface area contributed by atoms with Crippen LogP contribution in [0.1, 0.15) is 26.8 Å². The summed E-state index contributed by atoms with van der Waals surface area (Å²) in [5.74, 6) is -0.829. The maximum absolute atomic E-state index is 11.6. The molecule has 0 saturated carbocycles. The molecule has 16 heteroatoms. The van der Waals surface area contributed by atoms with Crippen molar-refractivity contribution in [2.75, 3.05) is 11.5 Å². The fourth-order valence-corrected chi connectivity index (χ4v) is 6.90. The highest BCUT2D eigenvalue weighted by molar-refractivity contribution is 7.15. The quantitative estimate of drug-likeness (QED) is 0.0524. The van der Waals surface area contributed by atoms with E-state index in [9.17, 15) is 29.8 Å². The Hall–Kier alpha value is -5.68. The first-order valence-corrected chi connectivity index (χ1v) is 17.1. The summed E-state index contributed by atoms with van der Waals surface area (Å²) in [6.45, 7) is 0. The third-order valence-corrected chi connectivity index (χ3v) is 9.88. The van der Waals surface area contributed by atoms with E-state index < -0.39 is 21.4 Å². The van der Waals surface area contributed by atoms with Gasteiger partial charge < -0.3 is 11.5 Å². The number of nitro groups is 2. The molecular formula is C33H26N6O6S4. The molecule has 0 radical (unpaired) electrons. The maximum atomic E-state index is 11.6. The van der Waals surface area contributed by atoms with Crippen LogP contribution in [0.3, 0.4) is 0 Å². The van der Waals surface area contributed by atoms with Gasteiger partial charge >= 0.3 is 0 Å². The number of carbonyl (C=O) groups is 2. The smallest absolute Gasteiger partial charge is 0.297 e. The van der Waals surface area contributed by atoms with Crippen LogP contribution in [0.2, 0.25) is 0 Å². The Balaban J connectivity index is 0.000000179. The lowest BCUT2D eigenvalue weighted by Crippen LogP contribution is -2.11. The number of nitrogen functional groups attached to an aromatic ring is 2. The number of nitrogens with zero attached hydrogens (tertiary/aromatic N) is 4. The standard InChI is InChI=1S/C16H9N3O2S2.C10H6O2S2.C6H7N3O2.CH4/c20-19(21)11-5-1-4-10-14(11)18-16(13-7-3-9-23-13)15(17-10)12-6-2-8-22-12;11-9(7-3-1-5-13-7)10(12)8-4-2-6-14-8;7-4-2-1-3-5(6(4)8)9(10)11;/h1-9H;1-6H;1-3H,7-8H2;1H4. The van der Waals surface area contributed by atoms with Crippen LogP contribution in [0.25, 0.3) is 32.2 Å². The van der Waals surface area contributed by atoms with Gasteiger partial charge in [0.05, 0.1) is 40.6 Å². The Labute approximate surface area is 295 Å². The van der Waals surface area contributed by atoms with Crippen LogP contribution >= 0.6 is 45.3 Å². The lowest BCUT2D eigenvalue weighted by atomic mass is 10.2. The van der Waals surface area contributed by atoms with Gasteiger partial charge in [0.15, 0.2) is 5.52 Å². The zero-order valence-electron chi connectivity index (χ0n) is 24.4. The first-order chi connectivity index (χ1) is 23.2. The lowest BCUT2D eigenvalue weighted by Gasteiger charge is -2.07. The molecule has 0 bridgehead atoms. The molecule has 5 heterocycles. The van der Waals surface area contributed by atoms with Gasteiger partial charge in [0.2, 0.25) is 11.6 Å². The van der Waals surface area contributed by atoms with E-state index in [-0.39, 0.29) is 30.2 Å². The number of anilines is 2. The summed E-state index contributed by atoms with van der Waals surface area (Å²) < 4.78 is 0. The number of nitrogens with two attached hydrogens (primary N) is 2. The lowest BCUT2D eigenvalue weighted by molar-refractivity contribution is -0.383. The average Bonchev–Trinajstić information content (AvgIpc) is 3.93. The first kappa shape index (κ1) is 36.2. The van der Waals surface area contributed by atoms with Gasteiger partial charge in [-0.2, -0.15) is 0 Å². The molecule has 4 N–H and O–H groups in total. The molecule has 7 aromatic rings. The number of para-hydroxylation sites is 2. The normalized spacial score (nSPS) is 10.1. The van der Waals surface area contributed by atoms with Crippen LogP contribution in [0.5, 0.6) is 0 Å². The van der Waals surface area contributed by atoms with Crippen molar-refractivity contribution in [2.45, 2.75) is 7.43 Å². The van der Waals surface area contributed by atoms with Gasteiger partial charge in [-0.3, -0.25) is 29.8 Å². The highest BCUT2D eigenvalue weighted by Gasteiger charge is 2.21. The number of benzene rings is 2. The first-order valence-electron chi connectivity index (χ1n) is 13.6. The molecule has 0 aliphatic heterocycles. The van der Waals surface area contributed by atoms with Crippen molar-refractivity contribution in [3.8, 4) is 21.1 Å². The van der Waals surface area contributed by atoms with Gasteiger partial charge in [0.25, 0.3) is 11.4 Å². The maximum Gasteiger partial charge on any atom is 0.297 e. The molecule has 0 aliphatic carbocycles. The van der Waals surface area contributed by atoms with Crippen molar-refractivity contribution < 1.29 is 19.4 Å². The van der Waals surface area contributed by atoms with Crippen LogP contribution in [-0.4, -0.2) is 31.4 Å². The van der Waals surface area contributed by atoms with Gasteiger partial charge in [-0.05, 0) is 57.9 Å². The number of nitro benzene ring substituents is 2. The largest absolute Gasteiger partial charge is 0.397 e. The van der Waals surface area contributed by atoms with E-state index >= 15 is 0 Å². The highest BCUT2D eigenvalue weighted by atomic mass is 32.1. The minimum Gasteiger partial charge on any atom is -0.397 e. The molecule has 248 valence electrons. The third kappa shape index (κ3) is 8.43. The number of non-ortho nitro benzene ring substituents is 1. The monoisotopic (exact) mass is 730 g/mol. The summed E-state index contributed by atoms with van der Waals surface area (Å²) in [7, 11) is 0. The zero-order valence-corrected chi connectivity index (χ0v) is 27.7. The van der Waals surface area contributed by atoms with Gasteiger partial charge in [-0.25, -0.2) is 9.97 Å². The summed E-state index contributed by atoms with van der Waals surface area (Å²) in [6, 6.07) is 23.8. The molecule has 7 rings (SSSR count). The molecule has 12 nitrogen and oxygen atoms in total. The zero-order chi connectivity index (χ0) is 34.2. The molecule has 0 unspecified atom stereocenters. The number of carbonyl (C=O) groups excluding carboxylic acids is 2. The van der Waals surface area contributed by atoms with E-state index in [1.807, 2.05) is 35.0 Å². The summed E-state index contributed by atoms with van der Waals surface area (Å²) in [4.78, 5) is 55.9. The Morgan fingerprint density at radius 2 is 1.06 bits per heavy atom. The summed E-state index contributed by atoms with van der Waals surface area (Å²) in [6.07, 6.45) is 0. The molecule has 0 fully saturated rings. The van der Waals surface area contributed by atoms with Gasteiger partial charge in [0.1, 0.15) is 17.1 Å². The van der Waals surface area contributed by atoms with Crippen LogP contribution in [0.4, 0.5) is 22.7 Å². The fraction of sp³-hybridized carbons (Fsp3) is 0.0303. The van der Waals surface area contributed by atoms with E-state index in [1.54, 1.807) is 69.8 Å². The highest BCUT2D eigenvalue weighted by Crippen LogP contribution is 2.37. The number of hydrogen-bond donors (Lipinski definition) is 2. The summed E-state index contributed by atoms with van der Waals surface area (Å²) in [5.41, 5.74) is 13.0. The summed E-state index contributed by atoms with van der Waals surface area (Å²) in [5, 5.41) is 29.0. The van der Waals surface area contributed by atoms with Crippen molar-refractivity contribution in [3.05, 3.63) is 136 Å².